The summed E-state index contributed by atoms with van der Waals surface area (Å²) in [5.74, 6) is 0.583. The number of hydrogen-bond acceptors (Lipinski definition) is 2. The summed E-state index contributed by atoms with van der Waals surface area (Å²) in [6, 6.07) is 4.28. The van der Waals surface area contributed by atoms with E-state index in [4.69, 9.17) is 0 Å². The first-order valence-corrected chi connectivity index (χ1v) is 6.49. The summed E-state index contributed by atoms with van der Waals surface area (Å²) in [6.45, 7) is 2.20. The molecule has 0 spiro atoms. The van der Waals surface area contributed by atoms with Crippen LogP contribution in [0.5, 0.6) is 0 Å². The standard InChI is InChI=1S/C15H18N2/c1-11-7-9-16-14(11)10-13-5-2-4-12-6-3-8-17-15(12)13/h3,6,8-9,13H,2,4-5,7,10H2,1H3. The zero-order chi connectivity index (χ0) is 11.7. The summed E-state index contributed by atoms with van der Waals surface area (Å²) in [6.07, 6.45) is 9.82. The first-order valence-electron chi connectivity index (χ1n) is 6.49. The van der Waals surface area contributed by atoms with Crippen LogP contribution in [0.1, 0.15) is 49.8 Å². The van der Waals surface area contributed by atoms with Gasteiger partial charge in [0.15, 0.2) is 0 Å². The highest BCUT2D eigenvalue weighted by Gasteiger charge is 2.23. The number of aliphatic imine (C=N–C) groups is 1. The van der Waals surface area contributed by atoms with Crippen molar-refractivity contribution >= 4 is 6.21 Å². The lowest BCUT2D eigenvalue weighted by Gasteiger charge is -2.24. The van der Waals surface area contributed by atoms with Crippen LogP contribution in [0.2, 0.25) is 0 Å². The van der Waals surface area contributed by atoms with Gasteiger partial charge in [0.05, 0.1) is 0 Å². The molecular weight excluding hydrogens is 208 g/mol. The van der Waals surface area contributed by atoms with Gasteiger partial charge >= 0.3 is 0 Å². The highest BCUT2D eigenvalue weighted by Crippen LogP contribution is 2.36. The van der Waals surface area contributed by atoms with Crippen LogP contribution < -0.4 is 0 Å². The van der Waals surface area contributed by atoms with Gasteiger partial charge < -0.3 is 0 Å². The molecule has 2 aliphatic rings. The van der Waals surface area contributed by atoms with Crippen LogP contribution in [0, 0.1) is 0 Å². The smallest absolute Gasteiger partial charge is 0.0470 e. The average molecular weight is 226 g/mol. The van der Waals surface area contributed by atoms with Crippen LogP contribution in [-0.4, -0.2) is 11.2 Å². The minimum absolute atomic E-state index is 0.583. The van der Waals surface area contributed by atoms with Crippen LogP contribution >= 0.6 is 0 Å². The van der Waals surface area contributed by atoms with Crippen molar-refractivity contribution in [1.82, 2.24) is 4.98 Å². The van der Waals surface area contributed by atoms with Crippen LogP contribution in [-0.2, 0) is 6.42 Å². The molecule has 1 aliphatic carbocycles. The van der Waals surface area contributed by atoms with Crippen LogP contribution in [0.15, 0.2) is 34.6 Å². The van der Waals surface area contributed by atoms with E-state index in [1.165, 1.54) is 41.8 Å². The number of pyridine rings is 1. The molecular formula is C15H18N2. The molecule has 0 radical (unpaired) electrons. The third-order valence-electron chi connectivity index (χ3n) is 3.89. The number of aryl methyl sites for hydroxylation is 1. The molecule has 0 N–H and O–H groups in total. The summed E-state index contributed by atoms with van der Waals surface area (Å²) < 4.78 is 0. The molecule has 17 heavy (non-hydrogen) atoms. The lowest BCUT2D eigenvalue weighted by Crippen LogP contribution is -2.12. The van der Waals surface area contributed by atoms with Crippen molar-refractivity contribution in [2.45, 2.75) is 44.9 Å². The molecule has 2 nitrogen and oxygen atoms in total. The third kappa shape index (κ3) is 2.04. The summed E-state index contributed by atoms with van der Waals surface area (Å²) >= 11 is 0. The fraction of sp³-hybridized carbons (Fsp3) is 0.467. The monoisotopic (exact) mass is 226 g/mol. The average Bonchev–Trinajstić information content (AvgIpc) is 2.76. The molecule has 1 aliphatic heterocycles. The van der Waals surface area contributed by atoms with E-state index in [0.717, 1.165) is 12.8 Å². The summed E-state index contributed by atoms with van der Waals surface area (Å²) in [5, 5.41) is 0. The lowest BCUT2D eigenvalue weighted by atomic mass is 9.83. The molecule has 3 rings (SSSR count). The number of fused-ring (bicyclic) bond motifs is 1. The van der Waals surface area contributed by atoms with E-state index in [-0.39, 0.29) is 0 Å². The topological polar surface area (TPSA) is 25.2 Å². The molecule has 1 atom stereocenters. The molecule has 0 amide bonds. The van der Waals surface area contributed by atoms with Gasteiger partial charge in [0.1, 0.15) is 0 Å². The van der Waals surface area contributed by atoms with Crippen LogP contribution in [0.25, 0.3) is 0 Å². The van der Waals surface area contributed by atoms with Gasteiger partial charge in [-0.2, -0.15) is 0 Å². The van der Waals surface area contributed by atoms with E-state index in [0.29, 0.717) is 5.92 Å². The fourth-order valence-corrected chi connectivity index (χ4v) is 2.89. The minimum atomic E-state index is 0.583. The van der Waals surface area contributed by atoms with Gasteiger partial charge in [0, 0.05) is 36.1 Å². The van der Waals surface area contributed by atoms with Crippen molar-refractivity contribution < 1.29 is 0 Å². The largest absolute Gasteiger partial charge is 0.265 e. The van der Waals surface area contributed by atoms with Crippen LogP contribution in [0.3, 0.4) is 0 Å². The number of rotatable bonds is 2. The number of hydrogen-bond donors (Lipinski definition) is 0. The second kappa shape index (κ2) is 4.44. The van der Waals surface area contributed by atoms with Crippen molar-refractivity contribution in [3.05, 3.63) is 40.9 Å². The van der Waals surface area contributed by atoms with E-state index in [1.807, 2.05) is 12.4 Å². The van der Waals surface area contributed by atoms with E-state index >= 15 is 0 Å². The first-order chi connectivity index (χ1) is 8.34. The van der Waals surface area contributed by atoms with E-state index < -0.39 is 0 Å². The zero-order valence-electron chi connectivity index (χ0n) is 10.3. The number of allylic oxidation sites excluding steroid dienone is 2. The van der Waals surface area contributed by atoms with Crippen molar-refractivity contribution in [3.8, 4) is 0 Å². The van der Waals surface area contributed by atoms with Crippen molar-refractivity contribution in [2.24, 2.45) is 4.99 Å². The lowest BCUT2D eigenvalue weighted by molar-refractivity contribution is 0.531. The van der Waals surface area contributed by atoms with E-state index in [1.54, 1.807) is 0 Å². The fourth-order valence-electron chi connectivity index (χ4n) is 2.89. The Bertz CT molecular complexity index is 485. The molecule has 0 saturated heterocycles. The third-order valence-corrected chi connectivity index (χ3v) is 3.89. The molecule has 0 aromatic carbocycles. The summed E-state index contributed by atoms with van der Waals surface area (Å²) in [5.41, 5.74) is 5.51. The Kier molecular flexibility index (Phi) is 2.79. The molecule has 1 aromatic heterocycles. The number of nitrogens with zero attached hydrogens (tertiary/aromatic N) is 2. The maximum atomic E-state index is 4.59. The van der Waals surface area contributed by atoms with Crippen molar-refractivity contribution in [2.75, 3.05) is 0 Å². The highest BCUT2D eigenvalue weighted by molar-refractivity contribution is 5.67. The predicted molar refractivity (Wildman–Crippen MR) is 70.3 cm³/mol. The van der Waals surface area contributed by atoms with Gasteiger partial charge in [-0.3, -0.25) is 9.98 Å². The van der Waals surface area contributed by atoms with Gasteiger partial charge in [-0.1, -0.05) is 6.07 Å². The molecule has 0 bridgehead atoms. The minimum Gasteiger partial charge on any atom is -0.265 e. The summed E-state index contributed by atoms with van der Waals surface area (Å²) in [4.78, 5) is 9.10. The molecule has 1 aromatic rings. The normalized spacial score (nSPS) is 23.0. The van der Waals surface area contributed by atoms with Gasteiger partial charge in [-0.05, 0) is 49.8 Å². The quantitative estimate of drug-likeness (QED) is 0.755. The molecule has 2 heterocycles. The zero-order valence-corrected chi connectivity index (χ0v) is 10.3. The first kappa shape index (κ1) is 10.7. The molecule has 0 saturated carbocycles. The second-order valence-electron chi connectivity index (χ2n) is 5.08. The van der Waals surface area contributed by atoms with Gasteiger partial charge in [-0.25, -0.2) is 0 Å². The predicted octanol–water partition coefficient (Wildman–Crippen LogP) is 3.64. The number of aromatic nitrogens is 1. The van der Waals surface area contributed by atoms with Crippen molar-refractivity contribution in [3.63, 3.8) is 0 Å². The van der Waals surface area contributed by atoms with Gasteiger partial charge in [0.2, 0.25) is 0 Å². The maximum absolute atomic E-state index is 4.59. The Balaban J connectivity index is 1.86. The van der Waals surface area contributed by atoms with E-state index in [9.17, 15) is 0 Å². The SMILES string of the molecule is CC1=C(CC2CCCc3cccnc32)N=CC1. The van der Waals surface area contributed by atoms with Gasteiger partial charge in [-0.15, -0.1) is 0 Å². The molecule has 0 fully saturated rings. The van der Waals surface area contributed by atoms with Gasteiger partial charge in [0.25, 0.3) is 0 Å². The Morgan fingerprint density at radius 1 is 1.41 bits per heavy atom. The maximum Gasteiger partial charge on any atom is 0.0470 e. The Hall–Kier alpha value is -1.44. The summed E-state index contributed by atoms with van der Waals surface area (Å²) in [7, 11) is 0. The molecule has 1 unspecified atom stereocenters. The molecule has 2 heteroatoms. The highest BCUT2D eigenvalue weighted by atomic mass is 14.8. The Morgan fingerprint density at radius 3 is 3.18 bits per heavy atom. The second-order valence-corrected chi connectivity index (χ2v) is 5.08. The van der Waals surface area contributed by atoms with E-state index in [2.05, 4.69) is 29.0 Å². The Morgan fingerprint density at radius 2 is 2.35 bits per heavy atom. The van der Waals surface area contributed by atoms with Crippen LogP contribution in [0.4, 0.5) is 0 Å². The van der Waals surface area contributed by atoms with Crippen molar-refractivity contribution in [1.29, 1.82) is 0 Å². The Labute approximate surface area is 102 Å². The molecule has 88 valence electrons.